The number of nitrogens with zero attached hydrogens (tertiary/aromatic N) is 3. The molecule has 2 aromatic carbocycles. The summed E-state index contributed by atoms with van der Waals surface area (Å²) < 4.78 is 2.26. The van der Waals surface area contributed by atoms with Crippen LogP contribution in [-0.2, 0) is 19.5 Å². The summed E-state index contributed by atoms with van der Waals surface area (Å²) >= 11 is 0. The highest BCUT2D eigenvalue weighted by atomic mass is 16.3. The molecule has 0 saturated heterocycles. The van der Waals surface area contributed by atoms with Gasteiger partial charge in [-0.15, -0.1) is 0 Å². The maximum Gasteiger partial charge on any atom is 0.152 e. The van der Waals surface area contributed by atoms with Crippen LogP contribution in [-0.4, -0.2) is 19.6 Å². The van der Waals surface area contributed by atoms with Gasteiger partial charge in [0.2, 0.25) is 0 Å². The molecular weight excluding hydrogens is 374 g/mol. The van der Waals surface area contributed by atoms with Crippen molar-refractivity contribution in [2.24, 2.45) is 11.7 Å². The van der Waals surface area contributed by atoms with Crippen molar-refractivity contribution in [1.82, 2.24) is 14.5 Å². The van der Waals surface area contributed by atoms with E-state index in [9.17, 15) is 5.11 Å². The summed E-state index contributed by atoms with van der Waals surface area (Å²) in [6.07, 6.45) is 1.94. The van der Waals surface area contributed by atoms with Crippen molar-refractivity contribution >= 4 is 27.8 Å². The number of hydrogen-bond donors (Lipinski definition) is 3. The summed E-state index contributed by atoms with van der Waals surface area (Å²) in [6.45, 7) is 7.26. The number of anilines is 1. The third-order valence-electron chi connectivity index (χ3n) is 5.92. The number of nitrogens with two attached hydrogens (primary N) is 2. The number of imidazole rings is 1. The molecule has 0 saturated carbocycles. The molecule has 0 bridgehead atoms. The zero-order valence-electron chi connectivity index (χ0n) is 17.8. The molecule has 0 unspecified atom stereocenters. The van der Waals surface area contributed by atoms with Crippen LogP contribution >= 0.6 is 0 Å². The number of nitrogen functional groups attached to an aromatic ring is 1. The van der Waals surface area contributed by atoms with E-state index in [-0.39, 0.29) is 5.75 Å². The van der Waals surface area contributed by atoms with Gasteiger partial charge >= 0.3 is 0 Å². The highest BCUT2D eigenvalue weighted by molar-refractivity contribution is 6.06. The number of pyridine rings is 1. The van der Waals surface area contributed by atoms with E-state index in [1.54, 1.807) is 0 Å². The number of fused-ring (bicyclic) bond motifs is 3. The molecule has 30 heavy (non-hydrogen) atoms. The van der Waals surface area contributed by atoms with Crippen LogP contribution in [0.2, 0.25) is 0 Å². The van der Waals surface area contributed by atoms with E-state index in [0.29, 0.717) is 24.8 Å². The first-order valence-electron chi connectivity index (χ1n) is 10.5. The maximum absolute atomic E-state index is 10.3. The summed E-state index contributed by atoms with van der Waals surface area (Å²) in [5.41, 5.74) is 17.5. The number of rotatable bonds is 6. The summed E-state index contributed by atoms with van der Waals surface area (Å²) in [4.78, 5) is 9.50. The molecule has 0 aliphatic heterocycles. The lowest BCUT2D eigenvalue weighted by Gasteiger charge is -2.15. The first-order chi connectivity index (χ1) is 14.4. The monoisotopic (exact) mass is 403 g/mol. The van der Waals surface area contributed by atoms with Gasteiger partial charge in [-0.2, -0.15) is 0 Å². The van der Waals surface area contributed by atoms with E-state index in [1.165, 1.54) is 0 Å². The molecule has 1 atom stereocenters. The van der Waals surface area contributed by atoms with Crippen LogP contribution in [0.5, 0.6) is 5.75 Å². The zero-order valence-corrected chi connectivity index (χ0v) is 17.8. The fourth-order valence-electron chi connectivity index (χ4n) is 4.05. The van der Waals surface area contributed by atoms with E-state index in [1.807, 2.05) is 37.3 Å². The van der Waals surface area contributed by atoms with Crippen LogP contribution in [0.4, 0.5) is 5.82 Å². The lowest BCUT2D eigenvalue weighted by Crippen LogP contribution is -2.10. The molecule has 0 aliphatic rings. The van der Waals surface area contributed by atoms with Gasteiger partial charge < -0.3 is 21.1 Å². The van der Waals surface area contributed by atoms with E-state index < -0.39 is 0 Å². The fourth-order valence-corrected chi connectivity index (χ4v) is 4.05. The first-order valence-corrected chi connectivity index (χ1v) is 10.5. The zero-order chi connectivity index (χ0) is 21.4. The van der Waals surface area contributed by atoms with Crippen molar-refractivity contribution in [3.05, 3.63) is 58.9 Å². The number of hydrogen-bond acceptors (Lipinski definition) is 5. The number of para-hydroxylation sites is 1. The second-order valence-electron chi connectivity index (χ2n) is 8.17. The van der Waals surface area contributed by atoms with Gasteiger partial charge in [-0.05, 0) is 36.1 Å². The molecule has 4 rings (SSSR count). The molecule has 0 radical (unpaired) electrons. The van der Waals surface area contributed by atoms with Crippen LogP contribution in [0.15, 0.2) is 36.4 Å². The quantitative estimate of drug-likeness (QED) is 0.446. The summed E-state index contributed by atoms with van der Waals surface area (Å²) in [5.74, 6) is 2.24. The van der Waals surface area contributed by atoms with Gasteiger partial charge in [0.25, 0.3) is 0 Å². The van der Waals surface area contributed by atoms with Crippen LogP contribution < -0.4 is 11.5 Å². The number of phenols is 1. The van der Waals surface area contributed by atoms with Gasteiger partial charge in [-0.1, -0.05) is 44.5 Å². The van der Waals surface area contributed by atoms with Gasteiger partial charge in [0.1, 0.15) is 17.1 Å². The SMILES string of the molecule is CC[C@H](C)Cc1nc2c(N)nc3ccccc3c2n1Cc1cc(C)c(O)c(CN)c1. The minimum atomic E-state index is 0.274. The maximum atomic E-state index is 10.3. The van der Waals surface area contributed by atoms with Crippen molar-refractivity contribution < 1.29 is 5.11 Å². The second-order valence-corrected chi connectivity index (χ2v) is 8.17. The Kier molecular flexibility index (Phi) is 5.35. The Hall–Kier alpha value is -3.12. The van der Waals surface area contributed by atoms with Crippen molar-refractivity contribution in [3.8, 4) is 5.75 Å². The number of benzene rings is 2. The van der Waals surface area contributed by atoms with Gasteiger partial charge in [-0.25, -0.2) is 9.97 Å². The minimum Gasteiger partial charge on any atom is -0.507 e. The Morgan fingerprint density at radius 1 is 1.17 bits per heavy atom. The molecule has 6 heteroatoms. The Morgan fingerprint density at radius 2 is 1.93 bits per heavy atom. The molecule has 2 aromatic heterocycles. The standard InChI is InChI=1S/C24H29N5O/c1-4-14(2)9-20-28-21-22(18-7-5-6-8-19(18)27-24(21)26)29(20)13-16-10-15(3)23(30)17(11-16)12-25/h5-8,10-11,14,30H,4,9,12-13,25H2,1-3H3,(H2,26,27)/t14-/m0/s1. The lowest BCUT2D eigenvalue weighted by atomic mass is 10.0. The summed E-state index contributed by atoms with van der Waals surface area (Å²) in [7, 11) is 0. The first kappa shape index (κ1) is 20.2. The molecule has 0 amide bonds. The molecular formula is C24H29N5O. The molecule has 4 aromatic rings. The third-order valence-corrected chi connectivity index (χ3v) is 5.92. The molecule has 0 fully saturated rings. The van der Waals surface area contributed by atoms with E-state index in [4.69, 9.17) is 16.5 Å². The van der Waals surface area contributed by atoms with Crippen LogP contribution in [0.1, 0.15) is 42.8 Å². The second kappa shape index (κ2) is 7.95. The summed E-state index contributed by atoms with van der Waals surface area (Å²) in [5, 5.41) is 11.3. The minimum absolute atomic E-state index is 0.274. The fraction of sp³-hybridized carbons (Fsp3) is 0.333. The number of aromatic hydroxyl groups is 1. The predicted octanol–water partition coefficient (Wildman–Crippen LogP) is 4.28. The van der Waals surface area contributed by atoms with E-state index in [0.717, 1.165) is 57.3 Å². The van der Waals surface area contributed by atoms with Crippen molar-refractivity contribution in [2.45, 2.75) is 46.7 Å². The van der Waals surface area contributed by atoms with Crippen LogP contribution in [0.3, 0.4) is 0 Å². The average molecular weight is 404 g/mol. The smallest absolute Gasteiger partial charge is 0.152 e. The predicted molar refractivity (Wildman–Crippen MR) is 122 cm³/mol. The van der Waals surface area contributed by atoms with Crippen molar-refractivity contribution in [1.29, 1.82) is 0 Å². The van der Waals surface area contributed by atoms with Gasteiger partial charge in [0, 0.05) is 30.5 Å². The van der Waals surface area contributed by atoms with Crippen molar-refractivity contribution in [2.75, 3.05) is 5.73 Å². The largest absolute Gasteiger partial charge is 0.507 e. The Labute approximate surface area is 176 Å². The molecule has 156 valence electrons. The average Bonchev–Trinajstić information content (AvgIpc) is 3.09. The molecule has 0 aliphatic carbocycles. The van der Waals surface area contributed by atoms with Crippen LogP contribution in [0, 0.1) is 12.8 Å². The Morgan fingerprint density at radius 3 is 2.67 bits per heavy atom. The van der Waals surface area contributed by atoms with Crippen molar-refractivity contribution in [3.63, 3.8) is 0 Å². The highest BCUT2D eigenvalue weighted by Crippen LogP contribution is 2.31. The molecule has 0 spiro atoms. The van der Waals surface area contributed by atoms with Gasteiger partial charge in [0.15, 0.2) is 5.82 Å². The van der Waals surface area contributed by atoms with Gasteiger partial charge in [-0.3, -0.25) is 0 Å². The normalized spacial score (nSPS) is 12.7. The molecule has 5 N–H and O–H groups in total. The highest BCUT2D eigenvalue weighted by Gasteiger charge is 2.19. The van der Waals surface area contributed by atoms with E-state index in [2.05, 4.69) is 29.5 Å². The summed E-state index contributed by atoms with van der Waals surface area (Å²) in [6, 6.07) is 12.0. The third kappa shape index (κ3) is 3.48. The number of aromatic nitrogens is 3. The Bertz CT molecular complexity index is 1230. The molecule has 6 nitrogen and oxygen atoms in total. The molecule has 2 heterocycles. The topological polar surface area (TPSA) is 103 Å². The van der Waals surface area contributed by atoms with Gasteiger partial charge in [0.05, 0.1) is 11.0 Å². The number of aryl methyl sites for hydroxylation is 1. The lowest BCUT2D eigenvalue weighted by molar-refractivity contribution is 0.463. The van der Waals surface area contributed by atoms with Crippen LogP contribution in [0.25, 0.3) is 21.9 Å². The Balaban J connectivity index is 1.96. The van der Waals surface area contributed by atoms with E-state index >= 15 is 0 Å². The number of phenolic OH excluding ortho intramolecular Hbond substituents is 1.